The van der Waals surface area contributed by atoms with Crippen LogP contribution in [0.25, 0.3) is 0 Å². The van der Waals surface area contributed by atoms with Crippen LogP contribution in [-0.4, -0.2) is 39.8 Å². The maximum Gasteiger partial charge on any atom is 0.240 e. The normalized spacial score (nSPS) is 23.7. The number of likely N-dealkylation sites (tertiary alicyclic amines) is 2. The van der Waals surface area contributed by atoms with Gasteiger partial charge in [0.1, 0.15) is 0 Å². The van der Waals surface area contributed by atoms with Crippen molar-refractivity contribution in [2.45, 2.75) is 38.9 Å². The van der Waals surface area contributed by atoms with Crippen LogP contribution in [0.1, 0.15) is 29.7 Å². The van der Waals surface area contributed by atoms with Gasteiger partial charge in [-0.25, -0.2) is 0 Å². The number of benzene rings is 1. The molecule has 1 amide bonds. The lowest BCUT2D eigenvalue weighted by Crippen LogP contribution is -2.58. The molecule has 2 saturated heterocycles. The fourth-order valence-corrected chi connectivity index (χ4v) is 4.13. The van der Waals surface area contributed by atoms with E-state index < -0.39 is 0 Å². The van der Waals surface area contributed by atoms with E-state index >= 15 is 0 Å². The van der Waals surface area contributed by atoms with E-state index in [0.29, 0.717) is 5.92 Å². The molecule has 4 rings (SSSR count). The summed E-state index contributed by atoms with van der Waals surface area (Å²) in [6.07, 6.45) is 4.01. The molecule has 3 heterocycles. The number of fused-ring (bicyclic) bond motifs is 2. The van der Waals surface area contributed by atoms with Gasteiger partial charge < -0.3 is 4.90 Å². The van der Waals surface area contributed by atoms with E-state index in [4.69, 9.17) is 0 Å². The summed E-state index contributed by atoms with van der Waals surface area (Å²) >= 11 is 0. The maximum absolute atomic E-state index is 13.1. The molecular formula is C21H25N3O. The fourth-order valence-electron chi connectivity index (χ4n) is 4.13. The van der Waals surface area contributed by atoms with E-state index in [-0.39, 0.29) is 11.9 Å². The number of carbonyl (C=O) groups is 1. The lowest BCUT2D eigenvalue weighted by molar-refractivity contribution is -0.146. The molecule has 1 aromatic carbocycles. The summed E-state index contributed by atoms with van der Waals surface area (Å²) in [7, 11) is 0. The van der Waals surface area contributed by atoms with Crippen LogP contribution < -0.4 is 0 Å². The predicted molar refractivity (Wildman–Crippen MR) is 97.8 cm³/mol. The first-order chi connectivity index (χ1) is 12.2. The van der Waals surface area contributed by atoms with Crippen LogP contribution in [0.5, 0.6) is 0 Å². The van der Waals surface area contributed by atoms with Crippen molar-refractivity contribution in [3.8, 4) is 0 Å². The summed E-state index contributed by atoms with van der Waals surface area (Å²) in [6.45, 7) is 5.49. The molecule has 25 heavy (non-hydrogen) atoms. The number of nitrogens with zero attached hydrogens (tertiary/aromatic N) is 3. The highest BCUT2D eigenvalue weighted by molar-refractivity contribution is 5.83. The smallest absolute Gasteiger partial charge is 0.240 e. The Bertz CT molecular complexity index is 746. The number of amides is 1. The molecular weight excluding hydrogens is 310 g/mol. The third kappa shape index (κ3) is 3.45. The van der Waals surface area contributed by atoms with Crippen molar-refractivity contribution in [3.05, 3.63) is 65.5 Å². The van der Waals surface area contributed by atoms with E-state index in [1.807, 2.05) is 30.5 Å². The van der Waals surface area contributed by atoms with E-state index in [1.165, 1.54) is 17.5 Å². The lowest BCUT2D eigenvalue weighted by Gasteiger charge is -2.46. The summed E-state index contributed by atoms with van der Waals surface area (Å²) in [4.78, 5) is 22.0. The Kier molecular flexibility index (Phi) is 4.53. The van der Waals surface area contributed by atoms with Crippen molar-refractivity contribution in [3.63, 3.8) is 0 Å². The number of rotatable bonds is 4. The van der Waals surface area contributed by atoms with Gasteiger partial charge in [0.2, 0.25) is 5.91 Å². The molecule has 4 nitrogen and oxygen atoms in total. The highest BCUT2D eigenvalue weighted by Crippen LogP contribution is 2.31. The van der Waals surface area contributed by atoms with Crippen molar-refractivity contribution in [1.29, 1.82) is 0 Å². The molecule has 2 atom stereocenters. The number of carbonyl (C=O) groups excluding carboxylic acids is 1. The van der Waals surface area contributed by atoms with Crippen LogP contribution >= 0.6 is 0 Å². The first-order valence-corrected chi connectivity index (χ1v) is 9.18. The van der Waals surface area contributed by atoms with E-state index in [1.54, 1.807) is 0 Å². The molecule has 2 fully saturated rings. The molecule has 1 aromatic heterocycles. The van der Waals surface area contributed by atoms with Crippen LogP contribution in [0, 0.1) is 12.8 Å². The van der Waals surface area contributed by atoms with Gasteiger partial charge in [-0.3, -0.25) is 14.7 Å². The van der Waals surface area contributed by atoms with Gasteiger partial charge in [0, 0.05) is 25.8 Å². The summed E-state index contributed by atoms with van der Waals surface area (Å²) in [6, 6.07) is 14.4. The van der Waals surface area contributed by atoms with Crippen LogP contribution in [0.15, 0.2) is 48.7 Å². The van der Waals surface area contributed by atoms with Gasteiger partial charge in [-0.15, -0.1) is 0 Å². The molecule has 0 spiro atoms. The van der Waals surface area contributed by atoms with Gasteiger partial charge in [0.15, 0.2) is 0 Å². The largest absolute Gasteiger partial charge is 0.337 e. The predicted octanol–water partition coefficient (Wildman–Crippen LogP) is 3.01. The summed E-state index contributed by atoms with van der Waals surface area (Å²) < 4.78 is 0. The van der Waals surface area contributed by atoms with Gasteiger partial charge in [-0.2, -0.15) is 0 Å². The number of pyridine rings is 1. The van der Waals surface area contributed by atoms with Crippen molar-refractivity contribution < 1.29 is 4.79 Å². The maximum atomic E-state index is 13.1. The SMILES string of the molecule is Cc1cccnc1CN1CC[C@H]2C[C@@H]1C(=O)N(Cc1ccccc1)C2. The Morgan fingerprint density at radius 3 is 2.76 bits per heavy atom. The van der Waals surface area contributed by atoms with Crippen molar-refractivity contribution in [1.82, 2.24) is 14.8 Å². The topological polar surface area (TPSA) is 36.4 Å². The Balaban J connectivity index is 1.50. The zero-order chi connectivity index (χ0) is 17.2. The number of aryl methyl sites for hydroxylation is 1. The van der Waals surface area contributed by atoms with Gasteiger partial charge in [0.05, 0.1) is 11.7 Å². The molecule has 4 heteroatoms. The molecule has 0 saturated carbocycles. The lowest BCUT2D eigenvalue weighted by atomic mass is 9.85. The van der Waals surface area contributed by atoms with Crippen LogP contribution in [0.3, 0.4) is 0 Å². The Morgan fingerprint density at radius 2 is 1.96 bits per heavy atom. The fraction of sp³-hybridized carbons (Fsp3) is 0.429. The minimum Gasteiger partial charge on any atom is -0.337 e. The van der Waals surface area contributed by atoms with E-state index in [9.17, 15) is 4.79 Å². The Hall–Kier alpha value is -2.20. The van der Waals surface area contributed by atoms with Crippen LogP contribution in [0.2, 0.25) is 0 Å². The molecule has 2 aliphatic rings. The third-order valence-electron chi connectivity index (χ3n) is 5.58. The molecule has 0 unspecified atom stereocenters. The summed E-state index contributed by atoms with van der Waals surface area (Å²) in [5, 5.41) is 0. The zero-order valence-corrected chi connectivity index (χ0v) is 14.8. The van der Waals surface area contributed by atoms with Gasteiger partial charge in [0.25, 0.3) is 0 Å². The average Bonchev–Trinajstić information content (AvgIpc) is 2.64. The number of hydrogen-bond acceptors (Lipinski definition) is 3. The number of aromatic nitrogens is 1. The summed E-state index contributed by atoms with van der Waals surface area (Å²) in [5.41, 5.74) is 3.51. The average molecular weight is 335 g/mol. The highest BCUT2D eigenvalue weighted by Gasteiger charge is 2.41. The Morgan fingerprint density at radius 1 is 1.12 bits per heavy atom. The monoisotopic (exact) mass is 335 g/mol. The van der Waals surface area contributed by atoms with E-state index in [2.05, 4.69) is 39.9 Å². The minimum absolute atomic E-state index is 0.0117. The van der Waals surface area contributed by atoms with E-state index in [0.717, 1.165) is 38.3 Å². The molecule has 2 bridgehead atoms. The molecule has 0 aliphatic carbocycles. The third-order valence-corrected chi connectivity index (χ3v) is 5.58. The number of piperidine rings is 2. The highest BCUT2D eigenvalue weighted by atomic mass is 16.2. The second-order valence-corrected chi connectivity index (χ2v) is 7.35. The first-order valence-electron chi connectivity index (χ1n) is 9.18. The van der Waals surface area contributed by atoms with Crippen LogP contribution in [-0.2, 0) is 17.9 Å². The zero-order valence-electron chi connectivity index (χ0n) is 14.8. The second-order valence-electron chi connectivity index (χ2n) is 7.35. The summed E-state index contributed by atoms with van der Waals surface area (Å²) in [5.74, 6) is 0.917. The Labute approximate surface area is 149 Å². The molecule has 0 N–H and O–H groups in total. The van der Waals surface area contributed by atoms with Gasteiger partial charge in [-0.1, -0.05) is 36.4 Å². The van der Waals surface area contributed by atoms with Crippen molar-refractivity contribution in [2.24, 2.45) is 5.92 Å². The molecule has 130 valence electrons. The van der Waals surface area contributed by atoms with Crippen LogP contribution in [0.4, 0.5) is 0 Å². The second kappa shape index (κ2) is 6.96. The number of hydrogen-bond donors (Lipinski definition) is 0. The van der Waals surface area contributed by atoms with Crippen molar-refractivity contribution >= 4 is 5.91 Å². The standard InChI is InChI=1S/C21H25N3O/c1-16-6-5-10-22-19(16)15-23-11-9-18-12-20(23)21(25)24(14-18)13-17-7-3-2-4-8-17/h2-8,10,18,20H,9,11-15H2,1H3/t18-,20+/m0/s1. The quantitative estimate of drug-likeness (QED) is 0.862. The molecule has 2 aliphatic heterocycles. The first kappa shape index (κ1) is 16.3. The molecule has 0 radical (unpaired) electrons. The van der Waals surface area contributed by atoms with Crippen molar-refractivity contribution in [2.75, 3.05) is 13.1 Å². The van der Waals surface area contributed by atoms with Gasteiger partial charge in [-0.05, 0) is 49.4 Å². The van der Waals surface area contributed by atoms with Gasteiger partial charge >= 0.3 is 0 Å². The minimum atomic E-state index is 0.0117. The molecule has 2 aromatic rings.